The Labute approximate surface area is 60.2 Å². The molecule has 0 aromatic rings. The second-order valence-corrected chi connectivity index (χ2v) is 3.53. The molecule has 0 amide bonds. The van der Waals surface area contributed by atoms with E-state index in [1.165, 1.54) is 17.9 Å². The highest BCUT2D eigenvalue weighted by Gasteiger charge is 2.17. The quantitative estimate of drug-likeness (QED) is 0.589. The molecular weight excluding hydrogens is 132 g/mol. The van der Waals surface area contributed by atoms with Gasteiger partial charge in [-0.3, -0.25) is 0 Å². The smallest absolute Gasteiger partial charge is 0.0642 e. The van der Waals surface area contributed by atoms with Gasteiger partial charge in [0.1, 0.15) is 0 Å². The largest absolute Gasteiger partial charge is 0.392 e. The van der Waals surface area contributed by atoms with E-state index in [1.807, 2.05) is 11.8 Å². The summed E-state index contributed by atoms with van der Waals surface area (Å²) in [7, 11) is 0. The summed E-state index contributed by atoms with van der Waals surface area (Å²) in [6, 6.07) is 0. The van der Waals surface area contributed by atoms with Gasteiger partial charge in [0.25, 0.3) is 0 Å². The van der Waals surface area contributed by atoms with Crippen molar-refractivity contribution >= 4 is 11.8 Å². The number of hydrogen-bond acceptors (Lipinski definition) is 2. The Hall–Kier alpha value is 0.0500. The highest BCUT2D eigenvalue weighted by molar-refractivity contribution is 7.99. The van der Waals surface area contributed by atoms with Crippen LogP contribution in [0.1, 0.15) is 6.42 Å². The second-order valence-electron chi connectivity index (χ2n) is 2.38. The molecule has 1 saturated heterocycles. The topological polar surface area (TPSA) is 20.2 Å². The van der Waals surface area contributed by atoms with Gasteiger partial charge in [0.2, 0.25) is 0 Å². The third-order valence-electron chi connectivity index (χ3n) is 1.71. The fourth-order valence-corrected chi connectivity index (χ4v) is 2.29. The predicted octanol–water partition coefficient (Wildman–Crippen LogP) is 1.29. The van der Waals surface area contributed by atoms with E-state index in [2.05, 4.69) is 6.58 Å². The first-order valence-corrected chi connectivity index (χ1v) is 4.36. The maximum Gasteiger partial charge on any atom is 0.0642 e. The lowest BCUT2D eigenvalue weighted by molar-refractivity contribution is 0.317. The van der Waals surface area contributed by atoms with Crippen molar-refractivity contribution in [2.45, 2.75) is 6.42 Å². The number of aliphatic hydroxyl groups excluding tert-OH is 1. The van der Waals surface area contributed by atoms with Crippen LogP contribution in [0.15, 0.2) is 12.2 Å². The average Bonchev–Trinajstić information content (AvgIpc) is 2.37. The van der Waals surface area contributed by atoms with E-state index in [4.69, 9.17) is 5.11 Å². The van der Waals surface area contributed by atoms with Gasteiger partial charge in [-0.2, -0.15) is 11.8 Å². The fourth-order valence-electron chi connectivity index (χ4n) is 0.986. The van der Waals surface area contributed by atoms with Crippen LogP contribution in [0.25, 0.3) is 0 Å². The van der Waals surface area contributed by atoms with Crippen molar-refractivity contribution in [3.05, 3.63) is 12.2 Å². The SMILES string of the molecule is C=C(CO)C1CCSC1. The molecule has 0 radical (unpaired) electrons. The van der Waals surface area contributed by atoms with E-state index in [1.54, 1.807) is 0 Å². The Morgan fingerprint density at radius 2 is 2.56 bits per heavy atom. The van der Waals surface area contributed by atoms with Gasteiger partial charge < -0.3 is 5.11 Å². The Balaban J connectivity index is 2.32. The summed E-state index contributed by atoms with van der Waals surface area (Å²) in [4.78, 5) is 0. The molecule has 1 N–H and O–H groups in total. The Bertz CT molecular complexity index is 105. The molecule has 0 saturated carbocycles. The molecule has 0 aliphatic carbocycles. The standard InChI is InChI=1S/C7H12OS/c1-6(4-8)7-2-3-9-5-7/h7-8H,1-5H2. The van der Waals surface area contributed by atoms with Gasteiger partial charge in [0.05, 0.1) is 6.61 Å². The third kappa shape index (κ3) is 1.73. The zero-order chi connectivity index (χ0) is 6.69. The van der Waals surface area contributed by atoms with Crippen LogP contribution in [0.5, 0.6) is 0 Å². The Kier molecular flexibility index (Phi) is 2.61. The van der Waals surface area contributed by atoms with Gasteiger partial charge in [0.15, 0.2) is 0 Å². The molecule has 2 heteroatoms. The van der Waals surface area contributed by atoms with Crippen molar-refractivity contribution in [3.8, 4) is 0 Å². The molecule has 0 aromatic heterocycles. The molecule has 1 nitrogen and oxygen atoms in total. The third-order valence-corrected chi connectivity index (χ3v) is 2.87. The number of rotatable bonds is 2. The van der Waals surface area contributed by atoms with E-state index in [0.29, 0.717) is 5.92 Å². The average molecular weight is 144 g/mol. The summed E-state index contributed by atoms with van der Waals surface area (Å²) in [5, 5.41) is 8.69. The highest BCUT2D eigenvalue weighted by Crippen LogP contribution is 2.27. The van der Waals surface area contributed by atoms with Crippen molar-refractivity contribution in [3.63, 3.8) is 0 Å². The van der Waals surface area contributed by atoms with Gasteiger partial charge in [-0.05, 0) is 29.4 Å². The molecule has 1 aliphatic heterocycles. The Morgan fingerprint density at radius 1 is 1.78 bits per heavy atom. The molecule has 52 valence electrons. The maximum atomic E-state index is 8.69. The highest BCUT2D eigenvalue weighted by atomic mass is 32.2. The van der Waals surface area contributed by atoms with Crippen molar-refractivity contribution < 1.29 is 5.11 Å². The van der Waals surface area contributed by atoms with Crippen LogP contribution in [0.4, 0.5) is 0 Å². The number of hydrogen-bond donors (Lipinski definition) is 1. The summed E-state index contributed by atoms with van der Waals surface area (Å²) in [6.07, 6.45) is 1.21. The monoisotopic (exact) mass is 144 g/mol. The molecule has 1 rings (SSSR count). The molecule has 1 aliphatic rings. The van der Waals surface area contributed by atoms with Crippen LogP contribution in [0, 0.1) is 5.92 Å². The van der Waals surface area contributed by atoms with E-state index < -0.39 is 0 Å². The molecule has 0 spiro atoms. The van der Waals surface area contributed by atoms with E-state index >= 15 is 0 Å². The van der Waals surface area contributed by atoms with Crippen LogP contribution in [0.2, 0.25) is 0 Å². The lowest BCUT2D eigenvalue weighted by atomic mass is 10.0. The zero-order valence-corrected chi connectivity index (χ0v) is 6.28. The van der Waals surface area contributed by atoms with Gasteiger partial charge in [-0.25, -0.2) is 0 Å². The van der Waals surface area contributed by atoms with Gasteiger partial charge in [-0.15, -0.1) is 0 Å². The summed E-state index contributed by atoms with van der Waals surface area (Å²) in [5.74, 6) is 3.00. The fraction of sp³-hybridized carbons (Fsp3) is 0.714. The lowest BCUT2D eigenvalue weighted by Gasteiger charge is -2.07. The first-order chi connectivity index (χ1) is 4.34. The Morgan fingerprint density at radius 3 is 3.00 bits per heavy atom. The van der Waals surface area contributed by atoms with Crippen molar-refractivity contribution in [2.75, 3.05) is 18.1 Å². The van der Waals surface area contributed by atoms with Crippen LogP contribution in [0.3, 0.4) is 0 Å². The minimum Gasteiger partial charge on any atom is -0.392 e. The molecular formula is C7H12OS. The zero-order valence-electron chi connectivity index (χ0n) is 5.47. The summed E-state index contributed by atoms with van der Waals surface area (Å²) < 4.78 is 0. The minimum atomic E-state index is 0.172. The number of thioether (sulfide) groups is 1. The molecule has 1 heterocycles. The van der Waals surface area contributed by atoms with Crippen LogP contribution < -0.4 is 0 Å². The molecule has 1 atom stereocenters. The predicted molar refractivity (Wildman–Crippen MR) is 41.7 cm³/mol. The van der Waals surface area contributed by atoms with Gasteiger partial charge in [-0.1, -0.05) is 6.58 Å². The lowest BCUT2D eigenvalue weighted by Crippen LogP contribution is -2.04. The van der Waals surface area contributed by atoms with Crippen molar-refractivity contribution in [1.29, 1.82) is 0 Å². The molecule has 0 aromatic carbocycles. The number of aliphatic hydroxyl groups is 1. The van der Waals surface area contributed by atoms with Crippen molar-refractivity contribution in [1.82, 2.24) is 0 Å². The van der Waals surface area contributed by atoms with Crippen molar-refractivity contribution in [2.24, 2.45) is 5.92 Å². The molecule has 1 unspecified atom stereocenters. The van der Waals surface area contributed by atoms with E-state index in [0.717, 1.165) is 5.57 Å². The van der Waals surface area contributed by atoms with E-state index in [9.17, 15) is 0 Å². The first kappa shape index (κ1) is 7.16. The van der Waals surface area contributed by atoms with Crippen LogP contribution in [-0.2, 0) is 0 Å². The van der Waals surface area contributed by atoms with Gasteiger partial charge >= 0.3 is 0 Å². The van der Waals surface area contributed by atoms with Crippen LogP contribution >= 0.6 is 11.8 Å². The molecule has 0 bridgehead atoms. The second kappa shape index (κ2) is 3.28. The van der Waals surface area contributed by atoms with E-state index in [-0.39, 0.29) is 6.61 Å². The molecule has 1 fully saturated rings. The van der Waals surface area contributed by atoms with Crippen LogP contribution in [-0.4, -0.2) is 23.2 Å². The summed E-state index contributed by atoms with van der Waals surface area (Å²) >= 11 is 1.95. The summed E-state index contributed by atoms with van der Waals surface area (Å²) in [6.45, 7) is 3.96. The normalized spacial score (nSPS) is 26.6. The summed E-state index contributed by atoms with van der Waals surface area (Å²) in [5.41, 5.74) is 1.01. The maximum absolute atomic E-state index is 8.69. The molecule has 9 heavy (non-hydrogen) atoms. The van der Waals surface area contributed by atoms with Gasteiger partial charge in [0, 0.05) is 0 Å². The minimum absolute atomic E-state index is 0.172. The first-order valence-electron chi connectivity index (χ1n) is 3.21.